The fourth-order valence-corrected chi connectivity index (χ4v) is 3.65. The van der Waals surface area contributed by atoms with E-state index < -0.39 is 0 Å². The molecule has 148 valence electrons. The van der Waals surface area contributed by atoms with Gasteiger partial charge in [-0.05, 0) is 36.2 Å². The van der Waals surface area contributed by atoms with E-state index >= 15 is 0 Å². The molecule has 0 aliphatic carbocycles. The Bertz CT molecular complexity index is 1050. The molecule has 0 fully saturated rings. The van der Waals surface area contributed by atoms with Crippen molar-refractivity contribution >= 4 is 5.91 Å². The lowest BCUT2D eigenvalue weighted by atomic mass is 10.1. The van der Waals surface area contributed by atoms with Gasteiger partial charge in [0, 0.05) is 0 Å². The molecular weight excluding hydrogens is 370 g/mol. The summed E-state index contributed by atoms with van der Waals surface area (Å²) in [6.07, 6.45) is -0.156. The van der Waals surface area contributed by atoms with Crippen LogP contribution < -0.4 is 14.8 Å². The average molecular weight is 391 g/mol. The lowest BCUT2D eigenvalue weighted by Gasteiger charge is -2.24. The molecule has 7 nitrogen and oxygen atoms in total. The van der Waals surface area contributed by atoms with Crippen molar-refractivity contribution < 1.29 is 19.0 Å². The van der Waals surface area contributed by atoms with Crippen LogP contribution in [0.15, 0.2) is 54.6 Å². The van der Waals surface area contributed by atoms with Gasteiger partial charge in [0.1, 0.15) is 6.10 Å². The number of ether oxygens (including phenoxy) is 3. The van der Waals surface area contributed by atoms with Crippen molar-refractivity contribution in [1.29, 1.82) is 0 Å². The summed E-state index contributed by atoms with van der Waals surface area (Å²) in [4.78, 5) is 12.7. The van der Waals surface area contributed by atoms with Crippen molar-refractivity contribution in [2.24, 2.45) is 0 Å². The van der Waals surface area contributed by atoms with Crippen LogP contribution in [-0.4, -0.2) is 22.5 Å². The van der Waals surface area contributed by atoms with Crippen molar-refractivity contribution in [3.05, 3.63) is 77.1 Å². The summed E-state index contributed by atoms with van der Waals surface area (Å²) in [7, 11) is 0. The number of benzene rings is 2. The molecule has 0 spiro atoms. The Kier molecular flexibility index (Phi) is 4.44. The van der Waals surface area contributed by atoms with E-state index in [-0.39, 0.29) is 24.8 Å². The molecule has 0 bridgehead atoms. The fraction of sp³-hybridized carbons (Fsp3) is 0.273. The van der Waals surface area contributed by atoms with Crippen LogP contribution >= 0.6 is 0 Å². The zero-order chi connectivity index (χ0) is 19.8. The molecule has 5 rings (SSSR count). The van der Waals surface area contributed by atoms with Crippen LogP contribution in [0, 0.1) is 0 Å². The van der Waals surface area contributed by atoms with Crippen LogP contribution in [0.3, 0.4) is 0 Å². The lowest BCUT2D eigenvalue weighted by Crippen LogP contribution is -2.27. The number of hydrogen-bond donors (Lipinski definition) is 1. The quantitative estimate of drug-likeness (QED) is 0.738. The lowest BCUT2D eigenvalue weighted by molar-refractivity contribution is -0.00128. The number of carbonyl (C=O) groups is 1. The van der Waals surface area contributed by atoms with E-state index in [1.807, 2.05) is 60.1 Å². The molecule has 1 N–H and O–H groups in total. The summed E-state index contributed by atoms with van der Waals surface area (Å²) in [5.74, 6) is 1.28. The molecule has 7 heteroatoms. The summed E-state index contributed by atoms with van der Waals surface area (Å²) < 4.78 is 18.7. The molecule has 29 heavy (non-hydrogen) atoms. The topological polar surface area (TPSA) is 74.6 Å². The summed E-state index contributed by atoms with van der Waals surface area (Å²) >= 11 is 0. The zero-order valence-electron chi connectivity index (χ0n) is 16.0. The number of rotatable bonds is 4. The number of amides is 1. The number of hydrogen-bond acceptors (Lipinski definition) is 5. The van der Waals surface area contributed by atoms with Crippen LogP contribution in [0.25, 0.3) is 0 Å². The normalized spacial score (nSPS) is 18.2. The van der Waals surface area contributed by atoms with E-state index in [1.165, 1.54) is 0 Å². The van der Waals surface area contributed by atoms with Crippen LogP contribution in [-0.2, 0) is 17.9 Å². The molecular formula is C22H21N3O4. The molecule has 2 atom stereocenters. The van der Waals surface area contributed by atoms with Gasteiger partial charge in [-0.2, -0.15) is 5.10 Å². The van der Waals surface area contributed by atoms with E-state index in [4.69, 9.17) is 14.2 Å². The van der Waals surface area contributed by atoms with Gasteiger partial charge in [0.25, 0.3) is 5.91 Å². The number of nitrogens with zero attached hydrogens (tertiary/aromatic N) is 2. The molecule has 2 aliphatic rings. The van der Waals surface area contributed by atoms with Crippen LogP contribution in [0.1, 0.15) is 46.4 Å². The van der Waals surface area contributed by atoms with Gasteiger partial charge in [0.2, 0.25) is 6.79 Å². The van der Waals surface area contributed by atoms with E-state index in [0.717, 1.165) is 28.3 Å². The minimum atomic E-state index is -0.192. The van der Waals surface area contributed by atoms with E-state index in [0.29, 0.717) is 18.8 Å². The van der Waals surface area contributed by atoms with Gasteiger partial charge in [-0.3, -0.25) is 9.48 Å². The first kappa shape index (κ1) is 17.8. The average Bonchev–Trinajstić information content (AvgIpc) is 3.40. The third-order valence-corrected chi connectivity index (χ3v) is 5.28. The highest BCUT2D eigenvalue weighted by molar-refractivity contribution is 5.92. The van der Waals surface area contributed by atoms with Gasteiger partial charge in [0.15, 0.2) is 17.2 Å². The van der Waals surface area contributed by atoms with Crippen LogP contribution in [0.5, 0.6) is 11.5 Å². The standard InChI is InChI=1S/C22H21N3O4/c1-14(15-5-3-2-4-6-15)23-22(26)18-10-17-12-27-21(11-25(17)24-18)16-7-8-19-20(9-16)29-13-28-19/h2-10,14,21H,11-13H2,1H3,(H,23,26)/t14-,21-/m1/s1. The van der Waals surface area contributed by atoms with Crippen molar-refractivity contribution in [3.63, 3.8) is 0 Å². The monoisotopic (exact) mass is 391 g/mol. The maximum absolute atomic E-state index is 12.7. The first-order valence-corrected chi connectivity index (χ1v) is 9.61. The highest BCUT2D eigenvalue weighted by Gasteiger charge is 2.26. The number of fused-ring (bicyclic) bond motifs is 2. The van der Waals surface area contributed by atoms with Crippen molar-refractivity contribution in [1.82, 2.24) is 15.1 Å². The second kappa shape index (κ2) is 7.25. The molecule has 0 saturated carbocycles. The second-order valence-corrected chi connectivity index (χ2v) is 7.22. The van der Waals surface area contributed by atoms with Gasteiger partial charge < -0.3 is 19.5 Å². The minimum Gasteiger partial charge on any atom is -0.454 e. The van der Waals surface area contributed by atoms with Crippen molar-refractivity contribution in [2.45, 2.75) is 32.2 Å². The van der Waals surface area contributed by atoms with Gasteiger partial charge in [-0.1, -0.05) is 36.4 Å². The number of nitrogens with one attached hydrogen (secondary N) is 1. The molecule has 3 heterocycles. The number of carbonyl (C=O) groups excluding carboxylic acids is 1. The Morgan fingerprint density at radius 2 is 1.97 bits per heavy atom. The predicted octanol–water partition coefficient (Wildman–Crippen LogP) is 3.37. The van der Waals surface area contributed by atoms with Crippen LogP contribution in [0.2, 0.25) is 0 Å². The van der Waals surface area contributed by atoms with E-state index in [2.05, 4.69) is 10.4 Å². The summed E-state index contributed by atoms with van der Waals surface area (Å²) in [5, 5.41) is 7.52. The Morgan fingerprint density at radius 3 is 2.83 bits per heavy atom. The fourth-order valence-electron chi connectivity index (χ4n) is 3.65. The molecule has 1 amide bonds. The van der Waals surface area contributed by atoms with Gasteiger partial charge >= 0.3 is 0 Å². The third kappa shape index (κ3) is 3.45. The second-order valence-electron chi connectivity index (χ2n) is 7.22. The van der Waals surface area contributed by atoms with Crippen molar-refractivity contribution in [2.75, 3.05) is 6.79 Å². The molecule has 2 aliphatic heterocycles. The zero-order valence-corrected chi connectivity index (χ0v) is 16.0. The largest absolute Gasteiger partial charge is 0.454 e. The maximum Gasteiger partial charge on any atom is 0.272 e. The highest BCUT2D eigenvalue weighted by atomic mass is 16.7. The Labute approximate surface area is 168 Å². The Hall–Kier alpha value is -3.32. The number of aromatic nitrogens is 2. The predicted molar refractivity (Wildman–Crippen MR) is 105 cm³/mol. The third-order valence-electron chi connectivity index (χ3n) is 5.28. The minimum absolute atomic E-state index is 0.0972. The summed E-state index contributed by atoms with van der Waals surface area (Å²) in [5.41, 5.74) is 3.34. The van der Waals surface area contributed by atoms with Gasteiger partial charge in [-0.15, -0.1) is 0 Å². The smallest absolute Gasteiger partial charge is 0.272 e. The molecule has 1 aromatic heterocycles. The molecule has 0 saturated heterocycles. The van der Waals surface area contributed by atoms with E-state index in [9.17, 15) is 4.79 Å². The molecule has 0 unspecified atom stereocenters. The van der Waals surface area contributed by atoms with Gasteiger partial charge in [-0.25, -0.2) is 0 Å². The molecule has 3 aromatic rings. The summed E-state index contributed by atoms with van der Waals surface area (Å²) in [6, 6.07) is 17.4. The van der Waals surface area contributed by atoms with E-state index in [1.54, 1.807) is 6.07 Å². The first-order chi connectivity index (χ1) is 14.2. The Balaban J connectivity index is 1.30. The SMILES string of the molecule is C[C@@H](NC(=O)c1cc2n(n1)C[C@H](c1ccc3c(c1)OCO3)OC2)c1ccccc1. The van der Waals surface area contributed by atoms with Crippen molar-refractivity contribution in [3.8, 4) is 11.5 Å². The van der Waals surface area contributed by atoms with Crippen LogP contribution in [0.4, 0.5) is 0 Å². The highest BCUT2D eigenvalue weighted by Crippen LogP contribution is 2.36. The molecule has 0 radical (unpaired) electrons. The molecule has 2 aromatic carbocycles. The summed E-state index contributed by atoms with van der Waals surface area (Å²) in [6.45, 7) is 3.14. The van der Waals surface area contributed by atoms with Gasteiger partial charge in [0.05, 0.1) is 24.9 Å². The maximum atomic E-state index is 12.7. The Morgan fingerprint density at radius 1 is 1.14 bits per heavy atom. The first-order valence-electron chi connectivity index (χ1n) is 9.61.